The highest BCUT2D eigenvalue weighted by molar-refractivity contribution is 7.86. The molecule has 0 aliphatic heterocycles. The van der Waals surface area contributed by atoms with Crippen LogP contribution in [0.1, 0.15) is 55.4 Å². The molecule has 0 rings (SSSR count). The van der Waals surface area contributed by atoms with Crippen LogP contribution in [0.3, 0.4) is 0 Å². The van der Waals surface area contributed by atoms with E-state index < -0.39 is 28.0 Å². The van der Waals surface area contributed by atoms with Gasteiger partial charge in [-0.25, -0.2) is 4.79 Å². The third-order valence-corrected chi connectivity index (χ3v) is 4.96. The van der Waals surface area contributed by atoms with E-state index >= 15 is 0 Å². The lowest BCUT2D eigenvalue weighted by Gasteiger charge is -2.29. The zero-order chi connectivity index (χ0) is 19.9. The van der Waals surface area contributed by atoms with Gasteiger partial charge in [0.1, 0.15) is 5.60 Å². The molecule has 0 radical (unpaired) electrons. The molecule has 1 unspecified atom stereocenters. The summed E-state index contributed by atoms with van der Waals surface area (Å²) in [5.74, 6) is 1.15. The lowest BCUT2D eigenvalue weighted by molar-refractivity contribution is 0.0474. The second kappa shape index (κ2) is 9.40. The molecule has 0 saturated carbocycles. The normalized spacial score (nSPS) is 14.7. The molecule has 3 N–H and O–H groups in total. The van der Waals surface area contributed by atoms with Gasteiger partial charge in [-0.3, -0.25) is 9.20 Å². The third kappa shape index (κ3) is 11.8. The standard InChI is InChI=1S/C17H36N4O3S/c1-15(2,3)24-14(22)21-17(7,8)12-20-13(18-9)19-10-11-25(23)16(4,5)6/h10-12H2,1-9H3,(H,21,22)(H2,18,19,20). The minimum Gasteiger partial charge on any atom is -0.444 e. The van der Waals surface area contributed by atoms with Gasteiger partial charge in [0.05, 0.1) is 5.54 Å². The number of rotatable bonds is 6. The Morgan fingerprint density at radius 2 is 1.60 bits per heavy atom. The van der Waals surface area contributed by atoms with Gasteiger partial charge in [0, 0.05) is 41.4 Å². The molecule has 0 heterocycles. The van der Waals surface area contributed by atoms with Crippen molar-refractivity contribution in [3.63, 3.8) is 0 Å². The fraction of sp³-hybridized carbons (Fsp3) is 0.882. The van der Waals surface area contributed by atoms with Crippen molar-refractivity contribution in [3.8, 4) is 0 Å². The minimum atomic E-state index is -0.913. The van der Waals surface area contributed by atoms with E-state index in [1.54, 1.807) is 7.05 Å². The largest absolute Gasteiger partial charge is 0.444 e. The fourth-order valence-electron chi connectivity index (χ4n) is 1.72. The molecule has 0 saturated heterocycles. The first kappa shape index (κ1) is 23.7. The summed E-state index contributed by atoms with van der Waals surface area (Å²) in [6.45, 7) is 16.2. The van der Waals surface area contributed by atoms with Crippen LogP contribution in [-0.4, -0.2) is 58.0 Å². The number of alkyl carbamates (subject to hydrolysis) is 1. The Kier molecular flexibility index (Phi) is 8.91. The maximum absolute atomic E-state index is 12.0. The Balaban J connectivity index is 4.36. The molecule has 0 aromatic heterocycles. The number of carbonyl (C=O) groups is 1. The zero-order valence-electron chi connectivity index (χ0n) is 17.2. The van der Waals surface area contributed by atoms with Crippen molar-refractivity contribution in [2.24, 2.45) is 4.99 Å². The van der Waals surface area contributed by atoms with Gasteiger partial charge in [0.2, 0.25) is 0 Å². The number of amides is 1. The van der Waals surface area contributed by atoms with Gasteiger partial charge in [-0.15, -0.1) is 0 Å². The number of aliphatic imine (C=N–C) groups is 1. The van der Waals surface area contributed by atoms with Crippen LogP contribution in [0.5, 0.6) is 0 Å². The molecule has 0 aromatic rings. The molecule has 1 atom stereocenters. The van der Waals surface area contributed by atoms with Gasteiger partial charge < -0.3 is 20.7 Å². The molecule has 0 bridgehead atoms. The molecule has 148 valence electrons. The molecule has 0 fully saturated rings. The van der Waals surface area contributed by atoms with Crippen molar-refractivity contribution in [1.82, 2.24) is 16.0 Å². The van der Waals surface area contributed by atoms with Gasteiger partial charge in [-0.1, -0.05) is 0 Å². The number of hydrogen-bond donors (Lipinski definition) is 3. The van der Waals surface area contributed by atoms with Crippen molar-refractivity contribution in [2.45, 2.75) is 71.3 Å². The topological polar surface area (TPSA) is 91.8 Å². The predicted molar refractivity (Wildman–Crippen MR) is 106 cm³/mol. The first-order valence-corrected chi connectivity index (χ1v) is 9.82. The quantitative estimate of drug-likeness (QED) is 0.487. The maximum atomic E-state index is 12.0. The van der Waals surface area contributed by atoms with Crippen molar-refractivity contribution < 1.29 is 13.7 Å². The summed E-state index contributed by atoms with van der Waals surface area (Å²) in [6.07, 6.45) is -0.456. The Bertz CT molecular complexity index is 491. The van der Waals surface area contributed by atoms with Gasteiger partial charge >= 0.3 is 6.09 Å². The summed E-state index contributed by atoms with van der Waals surface area (Å²) in [4.78, 5) is 16.0. The van der Waals surface area contributed by atoms with E-state index in [0.717, 1.165) is 0 Å². The van der Waals surface area contributed by atoms with Gasteiger partial charge in [0.15, 0.2) is 5.96 Å². The summed E-state index contributed by atoms with van der Waals surface area (Å²) < 4.78 is 17.1. The van der Waals surface area contributed by atoms with Gasteiger partial charge in [0.25, 0.3) is 0 Å². The molecular weight excluding hydrogens is 340 g/mol. The second-order valence-corrected chi connectivity index (χ2v) is 10.8. The highest BCUT2D eigenvalue weighted by Crippen LogP contribution is 2.10. The molecule has 1 amide bonds. The summed E-state index contributed by atoms with van der Waals surface area (Å²) in [6, 6.07) is 0. The molecule has 0 aliphatic rings. The van der Waals surface area contributed by atoms with E-state index in [-0.39, 0.29) is 4.75 Å². The van der Waals surface area contributed by atoms with Gasteiger partial charge in [-0.05, 0) is 55.4 Å². The Labute approximate surface area is 155 Å². The second-order valence-electron chi connectivity index (χ2n) is 8.53. The third-order valence-electron chi connectivity index (χ3n) is 3.02. The number of ether oxygens (including phenoxy) is 1. The summed E-state index contributed by atoms with van der Waals surface area (Å²) in [5, 5.41) is 9.13. The van der Waals surface area contributed by atoms with Crippen molar-refractivity contribution in [3.05, 3.63) is 0 Å². The summed E-state index contributed by atoms with van der Waals surface area (Å²) >= 11 is 0. The SMILES string of the molecule is CN=C(NCCS(=O)C(C)(C)C)NCC(C)(C)NC(=O)OC(C)(C)C. The zero-order valence-corrected chi connectivity index (χ0v) is 18.0. The lowest BCUT2D eigenvalue weighted by atomic mass is 10.1. The number of hydrogen-bond acceptors (Lipinski definition) is 4. The summed E-state index contributed by atoms with van der Waals surface area (Å²) in [5.41, 5.74) is -1.05. The Morgan fingerprint density at radius 3 is 2.04 bits per heavy atom. The van der Waals surface area contributed by atoms with E-state index in [9.17, 15) is 9.00 Å². The van der Waals surface area contributed by atoms with Crippen molar-refractivity contribution in [2.75, 3.05) is 25.9 Å². The van der Waals surface area contributed by atoms with Crippen LogP contribution in [0.4, 0.5) is 4.79 Å². The highest BCUT2D eigenvalue weighted by Gasteiger charge is 2.25. The van der Waals surface area contributed by atoms with Crippen LogP contribution in [-0.2, 0) is 15.5 Å². The van der Waals surface area contributed by atoms with Gasteiger partial charge in [-0.2, -0.15) is 0 Å². The molecule has 25 heavy (non-hydrogen) atoms. The van der Waals surface area contributed by atoms with Crippen LogP contribution in [0.2, 0.25) is 0 Å². The molecular formula is C17H36N4O3S. The first-order valence-electron chi connectivity index (χ1n) is 8.50. The molecule has 0 aromatic carbocycles. The average Bonchev–Trinajstić information content (AvgIpc) is 2.38. The first-order chi connectivity index (χ1) is 11.2. The minimum absolute atomic E-state index is 0.224. The molecule has 0 aliphatic carbocycles. The van der Waals surface area contributed by atoms with E-state index in [1.165, 1.54) is 0 Å². The molecule has 8 heteroatoms. The van der Waals surface area contributed by atoms with E-state index in [0.29, 0.717) is 24.8 Å². The number of guanidine groups is 1. The smallest absolute Gasteiger partial charge is 0.408 e. The van der Waals surface area contributed by atoms with E-state index in [1.807, 2.05) is 55.4 Å². The number of nitrogens with zero attached hydrogens (tertiary/aromatic N) is 1. The number of carbonyl (C=O) groups excluding carboxylic acids is 1. The van der Waals surface area contributed by atoms with Crippen LogP contribution < -0.4 is 16.0 Å². The molecule has 0 spiro atoms. The van der Waals surface area contributed by atoms with Crippen LogP contribution in [0, 0.1) is 0 Å². The summed E-state index contributed by atoms with van der Waals surface area (Å²) in [7, 11) is 0.758. The average molecular weight is 377 g/mol. The number of nitrogens with one attached hydrogen (secondary N) is 3. The van der Waals surface area contributed by atoms with Crippen LogP contribution in [0.15, 0.2) is 4.99 Å². The van der Waals surface area contributed by atoms with E-state index in [4.69, 9.17) is 4.74 Å². The van der Waals surface area contributed by atoms with Crippen LogP contribution >= 0.6 is 0 Å². The van der Waals surface area contributed by atoms with Crippen molar-refractivity contribution >= 4 is 22.9 Å². The Morgan fingerprint density at radius 1 is 1.04 bits per heavy atom. The fourth-order valence-corrected chi connectivity index (χ4v) is 2.62. The maximum Gasteiger partial charge on any atom is 0.408 e. The Hall–Kier alpha value is -1.31. The highest BCUT2D eigenvalue weighted by atomic mass is 32.2. The monoisotopic (exact) mass is 376 g/mol. The van der Waals surface area contributed by atoms with E-state index in [2.05, 4.69) is 20.9 Å². The predicted octanol–water partition coefficient (Wildman–Crippen LogP) is 2.00. The van der Waals surface area contributed by atoms with Crippen LogP contribution in [0.25, 0.3) is 0 Å². The lowest BCUT2D eigenvalue weighted by Crippen LogP contribution is -2.54. The molecule has 7 nitrogen and oxygen atoms in total. The van der Waals surface area contributed by atoms with Crippen molar-refractivity contribution in [1.29, 1.82) is 0 Å².